The molecule has 2 aromatic rings. The first kappa shape index (κ1) is 17.5. The molecule has 2 N–H and O–H groups in total. The van der Waals surface area contributed by atoms with E-state index < -0.39 is 0 Å². The minimum absolute atomic E-state index is 0.763. The van der Waals surface area contributed by atoms with Gasteiger partial charge >= 0.3 is 0 Å². The van der Waals surface area contributed by atoms with Crippen LogP contribution in [0.4, 0.5) is 11.4 Å². The Hall–Kier alpha value is -2.92. The number of benzene rings is 3. The number of hydrogen-bond acceptors (Lipinski definition) is 5. The molecule has 4 nitrogen and oxygen atoms in total. The normalized spacial score (nSPS) is 12.1. The van der Waals surface area contributed by atoms with Crippen LogP contribution in [-0.2, 0) is 0 Å². The van der Waals surface area contributed by atoms with Gasteiger partial charge in [-0.1, -0.05) is 17.7 Å². The van der Waals surface area contributed by atoms with E-state index in [9.17, 15) is 0 Å². The maximum atomic E-state index is 5.42. The van der Waals surface area contributed by atoms with Gasteiger partial charge in [0.1, 0.15) is 0 Å². The van der Waals surface area contributed by atoms with Gasteiger partial charge in [-0.15, -0.1) is 11.3 Å². The van der Waals surface area contributed by atoms with Crippen molar-refractivity contribution in [1.29, 1.82) is 0 Å². The van der Waals surface area contributed by atoms with Gasteiger partial charge in [-0.2, -0.15) is 5.10 Å². The molecule has 0 amide bonds. The third-order valence-corrected chi connectivity index (χ3v) is 5.95. The quantitative estimate of drug-likeness (QED) is 0.309. The average Bonchev–Trinajstić information content (AvgIpc) is 2.64. The Labute approximate surface area is 163 Å². The summed E-state index contributed by atoms with van der Waals surface area (Å²) in [6, 6.07) is 16.7. The number of anilines is 2. The number of rotatable bonds is 2. The van der Waals surface area contributed by atoms with Crippen LogP contribution in [0.15, 0.2) is 53.6 Å². The third kappa shape index (κ3) is 3.15. The molecule has 0 saturated carbocycles. The molecule has 1 aliphatic heterocycles. The molecule has 0 unspecified atom stereocenters. The summed E-state index contributed by atoms with van der Waals surface area (Å²) in [5, 5.41) is 4.55. The molecule has 0 bridgehead atoms. The predicted octanol–water partition coefficient (Wildman–Crippen LogP) is 4.87. The third-order valence-electron chi connectivity index (χ3n) is 4.85. The largest absolute Gasteiger partial charge is 0.344 e. The van der Waals surface area contributed by atoms with Gasteiger partial charge in [-0.3, -0.25) is 0 Å². The van der Waals surface area contributed by atoms with Crippen molar-refractivity contribution in [3.8, 4) is 10.6 Å². The number of aryl methyl sites for hydroxylation is 3. The van der Waals surface area contributed by atoms with Crippen LogP contribution in [0.3, 0.4) is 0 Å². The SMILES string of the molecule is Cc1cc(C)c(N(C)c2ccc3nc4ccc(=NN)cc-4sc3c2)c(C)c1. The number of aromatic nitrogens is 1. The highest BCUT2D eigenvalue weighted by Crippen LogP contribution is 2.35. The number of nitrogens with zero attached hydrogens (tertiary/aromatic N) is 3. The first-order chi connectivity index (χ1) is 13.0. The molecular formula is C22H22N4S. The van der Waals surface area contributed by atoms with Crippen LogP contribution >= 0.6 is 11.3 Å². The molecule has 4 rings (SSSR count). The summed E-state index contributed by atoms with van der Waals surface area (Å²) < 4.78 is 1.14. The van der Waals surface area contributed by atoms with E-state index >= 15 is 0 Å². The van der Waals surface area contributed by atoms with Crippen molar-refractivity contribution in [2.24, 2.45) is 10.9 Å². The molecule has 27 heavy (non-hydrogen) atoms. The van der Waals surface area contributed by atoms with E-state index in [1.165, 1.54) is 22.4 Å². The van der Waals surface area contributed by atoms with Gasteiger partial charge in [0.2, 0.25) is 0 Å². The molecule has 5 heteroatoms. The summed E-state index contributed by atoms with van der Waals surface area (Å²) >= 11 is 1.71. The molecule has 0 aromatic heterocycles. The minimum Gasteiger partial charge on any atom is -0.344 e. The molecule has 1 aliphatic carbocycles. The Morgan fingerprint density at radius 2 is 1.70 bits per heavy atom. The van der Waals surface area contributed by atoms with Crippen LogP contribution in [0.5, 0.6) is 0 Å². The summed E-state index contributed by atoms with van der Waals surface area (Å²) in [7, 11) is 2.12. The van der Waals surface area contributed by atoms with E-state index in [0.29, 0.717) is 0 Å². The Morgan fingerprint density at radius 1 is 0.963 bits per heavy atom. The van der Waals surface area contributed by atoms with E-state index in [1.807, 2.05) is 18.2 Å². The van der Waals surface area contributed by atoms with Gasteiger partial charge in [-0.25, -0.2) is 4.98 Å². The summed E-state index contributed by atoms with van der Waals surface area (Å²) in [4.78, 5) is 8.12. The standard InChI is InChI=1S/C22H22N4S/c1-13-9-14(2)22(15(3)10-13)26(4)17-6-8-19-21(12-17)27-20-11-16(25-23)5-7-18(20)24-19/h5-12H,23H2,1-4H3. The second kappa shape index (κ2) is 6.67. The fourth-order valence-electron chi connectivity index (χ4n) is 3.72. The van der Waals surface area contributed by atoms with E-state index in [4.69, 9.17) is 10.8 Å². The lowest BCUT2D eigenvalue weighted by atomic mass is 10.0. The highest BCUT2D eigenvalue weighted by atomic mass is 32.1. The fourth-order valence-corrected chi connectivity index (χ4v) is 4.75. The molecule has 2 aromatic carbocycles. The average molecular weight is 375 g/mol. The second-order valence-corrected chi connectivity index (χ2v) is 8.04. The molecule has 0 atom stereocenters. The van der Waals surface area contributed by atoms with Crippen molar-refractivity contribution >= 4 is 32.9 Å². The van der Waals surface area contributed by atoms with E-state index in [-0.39, 0.29) is 0 Å². The number of hydrogen-bond donors (Lipinski definition) is 1. The molecule has 136 valence electrons. The first-order valence-corrected chi connectivity index (χ1v) is 9.68. The van der Waals surface area contributed by atoms with Gasteiger partial charge in [0.15, 0.2) is 0 Å². The molecule has 2 aliphatic rings. The summed E-state index contributed by atoms with van der Waals surface area (Å²) in [6.07, 6.45) is 0. The minimum atomic E-state index is 0.763. The number of nitrogens with two attached hydrogens (primary N) is 1. The molecular weight excluding hydrogens is 352 g/mol. The maximum Gasteiger partial charge on any atom is 0.0842 e. The maximum absolute atomic E-state index is 5.42. The van der Waals surface area contributed by atoms with Gasteiger partial charge in [0, 0.05) is 18.4 Å². The van der Waals surface area contributed by atoms with Crippen LogP contribution < -0.4 is 16.1 Å². The molecule has 0 spiro atoms. The summed E-state index contributed by atoms with van der Waals surface area (Å²) in [5.41, 5.74) is 8.22. The van der Waals surface area contributed by atoms with Gasteiger partial charge in [0.05, 0.1) is 26.1 Å². The lowest BCUT2D eigenvalue weighted by Crippen LogP contribution is -2.12. The molecule has 0 radical (unpaired) electrons. The van der Waals surface area contributed by atoms with Crippen LogP contribution in [0.2, 0.25) is 0 Å². The topological polar surface area (TPSA) is 54.5 Å². The van der Waals surface area contributed by atoms with Gasteiger partial charge in [0.25, 0.3) is 0 Å². The fraction of sp³-hybridized carbons (Fsp3) is 0.182. The van der Waals surface area contributed by atoms with E-state index in [0.717, 1.165) is 31.8 Å². The zero-order valence-corrected chi connectivity index (χ0v) is 16.8. The first-order valence-electron chi connectivity index (χ1n) is 8.86. The predicted molar refractivity (Wildman–Crippen MR) is 115 cm³/mol. The van der Waals surface area contributed by atoms with Crippen LogP contribution in [-0.4, -0.2) is 12.0 Å². The van der Waals surface area contributed by atoms with Crippen molar-refractivity contribution < 1.29 is 0 Å². The summed E-state index contributed by atoms with van der Waals surface area (Å²) in [5.74, 6) is 5.42. The van der Waals surface area contributed by atoms with Crippen molar-refractivity contribution in [3.05, 3.63) is 70.6 Å². The molecule has 1 heterocycles. The Bertz CT molecular complexity index is 1170. The molecule has 0 fully saturated rings. The highest BCUT2D eigenvalue weighted by Gasteiger charge is 2.13. The Morgan fingerprint density at radius 3 is 2.41 bits per heavy atom. The van der Waals surface area contributed by atoms with Crippen LogP contribution in [0.1, 0.15) is 16.7 Å². The zero-order chi connectivity index (χ0) is 19.1. The zero-order valence-electron chi connectivity index (χ0n) is 15.9. The van der Waals surface area contributed by atoms with Gasteiger partial charge < -0.3 is 10.7 Å². The van der Waals surface area contributed by atoms with Gasteiger partial charge in [-0.05, 0) is 68.3 Å². The Balaban J connectivity index is 1.86. The smallest absolute Gasteiger partial charge is 0.0842 e. The lowest BCUT2D eigenvalue weighted by Gasteiger charge is -2.24. The molecule has 0 saturated heterocycles. The van der Waals surface area contributed by atoms with Crippen molar-refractivity contribution in [3.63, 3.8) is 0 Å². The summed E-state index contributed by atoms with van der Waals surface area (Å²) in [6.45, 7) is 6.48. The van der Waals surface area contributed by atoms with Crippen molar-refractivity contribution in [2.75, 3.05) is 11.9 Å². The van der Waals surface area contributed by atoms with E-state index in [2.05, 4.69) is 68.2 Å². The second-order valence-electron chi connectivity index (χ2n) is 6.95. The van der Waals surface area contributed by atoms with Crippen LogP contribution in [0, 0.1) is 20.8 Å². The van der Waals surface area contributed by atoms with E-state index in [1.54, 1.807) is 11.3 Å². The van der Waals surface area contributed by atoms with Crippen molar-refractivity contribution in [2.45, 2.75) is 20.8 Å². The van der Waals surface area contributed by atoms with Crippen LogP contribution in [0.25, 0.3) is 20.8 Å². The van der Waals surface area contributed by atoms with Crippen molar-refractivity contribution in [1.82, 2.24) is 4.98 Å². The Kier molecular flexibility index (Phi) is 4.32. The number of fused-ring (bicyclic) bond motifs is 2. The highest BCUT2D eigenvalue weighted by molar-refractivity contribution is 7.21. The monoisotopic (exact) mass is 374 g/mol. The lowest BCUT2D eigenvalue weighted by molar-refractivity contribution is 1.14.